The highest BCUT2D eigenvalue weighted by atomic mass is 31.2. The summed E-state index contributed by atoms with van der Waals surface area (Å²) < 4.78 is 34.8. The fourth-order valence-corrected chi connectivity index (χ4v) is 11.7. The van der Waals surface area contributed by atoms with E-state index in [1.807, 2.05) is 21.1 Å². The zero-order valence-electron chi connectivity index (χ0n) is 57.6. The Kier molecular flexibility index (Phi) is 65.3. The number of carbonyl (C=O) groups is 2. The normalized spacial score (nSPS) is 13.4. The van der Waals surface area contributed by atoms with Gasteiger partial charge in [0.2, 0.25) is 0 Å². The minimum absolute atomic E-state index is 0.0343. The maximum Gasteiger partial charge on any atom is 0.472 e. The molecule has 0 fully saturated rings. The predicted molar refractivity (Wildman–Crippen MR) is 372 cm³/mol. The summed E-state index contributed by atoms with van der Waals surface area (Å²) in [6.07, 6.45) is 89.2. The summed E-state index contributed by atoms with van der Waals surface area (Å²) in [7, 11) is 1.50. The Morgan fingerprint density at radius 1 is 0.372 bits per heavy atom. The SMILES string of the molecule is CC/C=C\C/C=C\C/C=C\C/C=C\C/C=C\CCCCCCCCCCCCCCCCCCCCCCCC(=O)OC(COC(=O)CCCCCCCCCCCCCCCCCCCCCCCCCCC)COP(=O)(O)OCC[N+](C)(C)C. The number of esters is 2. The number of quaternary nitrogens is 1. The monoisotopic (exact) mass is 1230 g/mol. The first kappa shape index (κ1) is 83.7. The van der Waals surface area contributed by atoms with Gasteiger partial charge in [-0.3, -0.25) is 18.6 Å². The van der Waals surface area contributed by atoms with E-state index in [1.165, 1.54) is 263 Å². The van der Waals surface area contributed by atoms with Crippen molar-refractivity contribution in [1.29, 1.82) is 0 Å². The predicted octanol–water partition coefficient (Wildman–Crippen LogP) is 24.2. The lowest BCUT2D eigenvalue weighted by Gasteiger charge is -2.24. The molecule has 0 heterocycles. The van der Waals surface area contributed by atoms with Crippen molar-refractivity contribution in [3.8, 4) is 0 Å². The number of likely N-dealkylation sites (N-methyl/N-ethyl adjacent to an activating group) is 1. The van der Waals surface area contributed by atoms with Gasteiger partial charge in [0.15, 0.2) is 6.10 Å². The molecule has 86 heavy (non-hydrogen) atoms. The Bertz CT molecular complexity index is 1630. The molecule has 0 radical (unpaired) electrons. The molecular formula is C76H143NO8P+. The number of ether oxygens (including phenoxy) is 2. The highest BCUT2D eigenvalue weighted by Gasteiger charge is 2.27. The first-order chi connectivity index (χ1) is 42.0. The molecule has 0 amide bonds. The lowest BCUT2D eigenvalue weighted by molar-refractivity contribution is -0.870. The van der Waals surface area contributed by atoms with Crippen molar-refractivity contribution in [2.75, 3.05) is 47.5 Å². The van der Waals surface area contributed by atoms with Gasteiger partial charge in [-0.1, -0.05) is 351 Å². The third kappa shape index (κ3) is 70.8. The number of phosphoric acid groups is 1. The van der Waals surface area contributed by atoms with Crippen LogP contribution in [0.5, 0.6) is 0 Å². The summed E-state index contributed by atoms with van der Waals surface area (Å²) in [5.74, 6) is -0.775. The number of nitrogens with zero attached hydrogens (tertiary/aromatic N) is 1. The third-order valence-electron chi connectivity index (χ3n) is 16.6. The second-order valence-corrected chi connectivity index (χ2v) is 27.8. The van der Waals surface area contributed by atoms with Crippen LogP contribution in [0.15, 0.2) is 60.8 Å². The minimum Gasteiger partial charge on any atom is -0.462 e. The number of phosphoric ester groups is 1. The summed E-state index contributed by atoms with van der Waals surface area (Å²) in [5, 5.41) is 0. The molecule has 2 atom stereocenters. The van der Waals surface area contributed by atoms with Crippen LogP contribution in [0.3, 0.4) is 0 Å². The van der Waals surface area contributed by atoms with E-state index in [-0.39, 0.29) is 25.6 Å². The van der Waals surface area contributed by atoms with Crippen molar-refractivity contribution in [1.82, 2.24) is 0 Å². The second kappa shape index (κ2) is 67.1. The Labute approximate surface area is 534 Å². The van der Waals surface area contributed by atoms with E-state index in [0.29, 0.717) is 23.9 Å². The van der Waals surface area contributed by atoms with E-state index < -0.39 is 26.5 Å². The van der Waals surface area contributed by atoms with Gasteiger partial charge < -0.3 is 18.9 Å². The molecule has 0 aliphatic rings. The quantitative estimate of drug-likeness (QED) is 0.0211. The van der Waals surface area contributed by atoms with Gasteiger partial charge in [-0.05, 0) is 57.8 Å². The summed E-state index contributed by atoms with van der Waals surface area (Å²) >= 11 is 0. The van der Waals surface area contributed by atoms with Gasteiger partial charge in [0.1, 0.15) is 19.8 Å². The lowest BCUT2D eigenvalue weighted by atomic mass is 10.0. The van der Waals surface area contributed by atoms with Crippen LogP contribution in [0.2, 0.25) is 0 Å². The van der Waals surface area contributed by atoms with Crippen LogP contribution < -0.4 is 0 Å². The van der Waals surface area contributed by atoms with Gasteiger partial charge in [-0.15, -0.1) is 0 Å². The molecule has 0 saturated carbocycles. The van der Waals surface area contributed by atoms with Crippen LogP contribution in [0.4, 0.5) is 0 Å². The average molecular weight is 1230 g/mol. The minimum atomic E-state index is -4.39. The van der Waals surface area contributed by atoms with E-state index in [2.05, 4.69) is 74.6 Å². The molecule has 2 unspecified atom stereocenters. The zero-order chi connectivity index (χ0) is 62.6. The number of hydrogen-bond donors (Lipinski definition) is 1. The van der Waals surface area contributed by atoms with Crippen LogP contribution in [0, 0.1) is 0 Å². The fourth-order valence-electron chi connectivity index (χ4n) is 10.9. The maximum absolute atomic E-state index is 12.9. The Morgan fingerprint density at radius 2 is 0.663 bits per heavy atom. The molecule has 0 bridgehead atoms. The van der Waals surface area contributed by atoms with Gasteiger partial charge in [0.05, 0.1) is 27.7 Å². The van der Waals surface area contributed by atoms with Gasteiger partial charge in [-0.25, -0.2) is 4.57 Å². The number of rotatable bonds is 69. The molecular weight excluding hydrogens is 1090 g/mol. The number of carbonyl (C=O) groups excluding carboxylic acids is 2. The number of hydrogen-bond acceptors (Lipinski definition) is 7. The highest BCUT2D eigenvalue weighted by molar-refractivity contribution is 7.47. The second-order valence-electron chi connectivity index (χ2n) is 26.3. The van der Waals surface area contributed by atoms with Crippen molar-refractivity contribution < 1.29 is 42.1 Å². The topological polar surface area (TPSA) is 108 Å². The lowest BCUT2D eigenvalue weighted by Crippen LogP contribution is -2.37. The summed E-state index contributed by atoms with van der Waals surface area (Å²) in [6, 6.07) is 0. The molecule has 9 nitrogen and oxygen atoms in total. The smallest absolute Gasteiger partial charge is 0.462 e. The molecule has 10 heteroatoms. The Hall–Kier alpha value is -2.29. The molecule has 0 aromatic carbocycles. The molecule has 0 saturated heterocycles. The van der Waals surface area contributed by atoms with Gasteiger partial charge in [0, 0.05) is 12.8 Å². The molecule has 1 N–H and O–H groups in total. The van der Waals surface area contributed by atoms with Gasteiger partial charge in [-0.2, -0.15) is 0 Å². The fraction of sp³-hybridized carbons (Fsp3) is 0.842. The van der Waals surface area contributed by atoms with Crippen molar-refractivity contribution in [3.63, 3.8) is 0 Å². The van der Waals surface area contributed by atoms with Crippen LogP contribution in [0.1, 0.15) is 361 Å². The Morgan fingerprint density at radius 3 is 0.988 bits per heavy atom. The number of unbranched alkanes of at least 4 members (excludes halogenated alkanes) is 45. The van der Waals surface area contributed by atoms with Crippen molar-refractivity contribution in [2.24, 2.45) is 0 Å². The van der Waals surface area contributed by atoms with Crippen molar-refractivity contribution in [3.05, 3.63) is 60.8 Å². The highest BCUT2D eigenvalue weighted by Crippen LogP contribution is 2.43. The average Bonchev–Trinajstić information content (AvgIpc) is 3.67. The van der Waals surface area contributed by atoms with Crippen molar-refractivity contribution >= 4 is 19.8 Å². The van der Waals surface area contributed by atoms with E-state index in [4.69, 9.17) is 18.5 Å². The largest absolute Gasteiger partial charge is 0.472 e. The first-order valence-electron chi connectivity index (χ1n) is 37.0. The summed E-state index contributed by atoms with van der Waals surface area (Å²) in [5.41, 5.74) is 0. The molecule has 0 aliphatic heterocycles. The van der Waals surface area contributed by atoms with Crippen LogP contribution in [-0.2, 0) is 32.7 Å². The molecule has 504 valence electrons. The van der Waals surface area contributed by atoms with E-state index in [9.17, 15) is 19.0 Å². The Balaban J connectivity index is 3.95. The summed E-state index contributed by atoms with van der Waals surface area (Å²) in [4.78, 5) is 35.9. The van der Waals surface area contributed by atoms with Gasteiger partial charge >= 0.3 is 19.8 Å². The maximum atomic E-state index is 12.9. The molecule has 0 rings (SSSR count). The van der Waals surface area contributed by atoms with Crippen LogP contribution in [-0.4, -0.2) is 74.9 Å². The van der Waals surface area contributed by atoms with Crippen LogP contribution in [0.25, 0.3) is 0 Å². The summed E-state index contributed by atoms with van der Waals surface area (Å²) in [6.45, 7) is 4.39. The first-order valence-corrected chi connectivity index (χ1v) is 38.5. The zero-order valence-corrected chi connectivity index (χ0v) is 58.5. The molecule has 0 aromatic heterocycles. The third-order valence-corrected chi connectivity index (χ3v) is 17.5. The number of allylic oxidation sites excluding steroid dienone is 10. The van der Waals surface area contributed by atoms with Crippen molar-refractivity contribution in [2.45, 2.75) is 367 Å². The molecule has 0 spiro atoms. The van der Waals surface area contributed by atoms with E-state index in [0.717, 1.165) is 64.2 Å². The molecule has 0 aliphatic carbocycles. The van der Waals surface area contributed by atoms with Gasteiger partial charge in [0.25, 0.3) is 0 Å². The van der Waals surface area contributed by atoms with Crippen LogP contribution >= 0.6 is 7.82 Å². The van der Waals surface area contributed by atoms with E-state index in [1.54, 1.807) is 0 Å². The molecule has 0 aromatic rings. The van der Waals surface area contributed by atoms with E-state index >= 15 is 0 Å². The standard InChI is InChI=1S/C76H142NO8P/c1-6-8-10-12-14-16-18-20-22-24-26-28-30-32-33-34-35-36-37-38-39-40-41-42-43-45-47-49-51-53-55-57-59-61-63-65-67-69-76(79)85-74(73-84-86(80,81)83-71-70-77(3,4)5)72-82-75(78)68-66-64-62-60-58-56-54-52-50-48-46-44-31-29-27-25-23-21-19-17-15-13-11-9-7-2/h8,10,14,16,20,22,26,28,32-33,74H,6-7,9,11-13,15,17-19,21,23-25,27,29-31,34-73H2,1-5H3/p+1/b10-8-,16-14-,22-20-,28-26-,33-32-.